The van der Waals surface area contributed by atoms with Crippen molar-refractivity contribution in [2.75, 3.05) is 0 Å². The summed E-state index contributed by atoms with van der Waals surface area (Å²) in [4.78, 5) is 22.8. The number of hydrogen-bond acceptors (Lipinski definition) is 5. The van der Waals surface area contributed by atoms with Gasteiger partial charge < -0.3 is 4.42 Å². The van der Waals surface area contributed by atoms with E-state index in [1.807, 2.05) is 0 Å². The van der Waals surface area contributed by atoms with Gasteiger partial charge in [-0.1, -0.05) is 29.8 Å². The van der Waals surface area contributed by atoms with Gasteiger partial charge in [-0.3, -0.25) is 14.9 Å². The lowest BCUT2D eigenvalue weighted by Gasteiger charge is -2.01. The van der Waals surface area contributed by atoms with Crippen molar-refractivity contribution in [1.82, 2.24) is 5.43 Å². The van der Waals surface area contributed by atoms with Crippen LogP contribution in [0.25, 0.3) is 11.3 Å². The molecule has 0 saturated heterocycles. The number of nitrogens with one attached hydrogen (secondary N) is 1. The molecule has 27 heavy (non-hydrogen) atoms. The molecule has 0 spiro atoms. The van der Waals surface area contributed by atoms with Gasteiger partial charge in [0.05, 0.1) is 27.3 Å². The lowest BCUT2D eigenvalue weighted by molar-refractivity contribution is -0.384. The van der Waals surface area contributed by atoms with Crippen molar-refractivity contribution in [3.05, 3.63) is 86.6 Å². The summed E-state index contributed by atoms with van der Waals surface area (Å²) in [7, 11) is 0. The zero-order valence-corrected chi connectivity index (χ0v) is 14.9. The normalized spacial score (nSPS) is 10.9. The van der Waals surface area contributed by atoms with Gasteiger partial charge in [0.1, 0.15) is 11.5 Å². The number of nitro benzene ring substituents is 1. The monoisotopic (exact) mass is 383 g/mol. The summed E-state index contributed by atoms with van der Waals surface area (Å²) in [6.45, 7) is 1.78. The zero-order chi connectivity index (χ0) is 19.4. The highest BCUT2D eigenvalue weighted by Gasteiger charge is 2.18. The number of amides is 1. The summed E-state index contributed by atoms with van der Waals surface area (Å²) in [5.74, 6) is 0.206. The number of furan rings is 1. The summed E-state index contributed by atoms with van der Waals surface area (Å²) >= 11 is 5.95. The maximum atomic E-state index is 12.0. The van der Waals surface area contributed by atoms with Gasteiger partial charge in [-0.25, -0.2) is 5.43 Å². The Morgan fingerprint density at radius 3 is 2.74 bits per heavy atom. The molecular weight excluding hydrogens is 370 g/mol. The van der Waals surface area contributed by atoms with Crippen LogP contribution in [0.4, 0.5) is 5.69 Å². The van der Waals surface area contributed by atoms with Crippen molar-refractivity contribution in [1.29, 1.82) is 0 Å². The maximum absolute atomic E-state index is 12.0. The quantitative estimate of drug-likeness (QED) is 0.396. The Balaban J connectivity index is 1.75. The predicted molar refractivity (Wildman–Crippen MR) is 102 cm³/mol. The standard InChI is InChI=1S/C19H14ClN3O4/c1-12-6-8-15(17(10-12)23(25)26)18-9-7-13(27-18)11-21-22-19(24)14-4-2-3-5-16(14)20/h2-11H,1H3,(H,22,24)/b21-11-. The molecule has 0 atom stereocenters. The van der Waals surface area contributed by atoms with E-state index in [9.17, 15) is 14.9 Å². The first-order chi connectivity index (χ1) is 13.0. The van der Waals surface area contributed by atoms with Crippen LogP contribution in [0, 0.1) is 17.0 Å². The van der Waals surface area contributed by atoms with E-state index in [2.05, 4.69) is 10.5 Å². The van der Waals surface area contributed by atoms with Gasteiger partial charge in [0.25, 0.3) is 11.6 Å². The number of aryl methyl sites for hydroxylation is 1. The first kappa shape index (κ1) is 18.3. The van der Waals surface area contributed by atoms with Crippen molar-refractivity contribution in [2.24, 2.45) is 5.10 Å². The second-order valence-electron chi connectivity index (χ2n) is 5.66. The molecule has 3 rings (SSSR count). The van der Waals surface area contributed by atoms with Gasteiger partial charge in [0.15, 0.2) is 0 Å². The molecule has 1 aromatic heterocycles. The molecule has 1 heterocycles. The average molecular weight is 384 g/mol. The molecule has 2 aromatic carbocycles. The SMILES string of the molecule is Cc1ccc(-c2ccc(/C=N\NC(=O)c3ccccc3Cl)o2)c([N+](=O)[O-])c1. The lowest BCUT2D eigenvalue weighted by Crippen LogP contribution is -2.17. The van der Waals surface area contributed by atoms with Crippen molar-refractivity contribution in [3.63, 3.8) is 0 Å². The highest BCUT2D eigenvalue weighted by Crippen LogP contribution is 2.31. The number of hydrogen-bond donors (Lipinski definition) is 1. The summed E-state index contributed by atoms with van der Waals surface area (Å²) in [6.07, 6.45) is 1.30. The third-order valence-corrected chi connectivity index (χ3v) is 4.05. The van der Waals surface area contributed by atoms with Crippen LogP contribution in [0.1, 0.15) is 21.7 Å². The molecular formula is C19H14ClN3O4. The van der Waals surface area contributed by atoms with Crippen molar-refractivity contribution in [3.8, 4) is 11.3 Å². The largest absolute Gasteiger partial charge is 0.455 e. The van der Waals surface area contributed by atoms with Gasteiger partial charge >= 0.3 is 0 Å². The van der Waals surface area contributed by atoms with E-state index in [0.717, 1.165) is 5.56 Å². The molecule has 0 unspecified atom stereocenters. The topological polar surface area (TPSA) is 97.7 Å². The van der Waals surface area contributed by atoms with Crippen LogP contribution in [-0.2, 0) is 0 Å². The Morgan fingerprint density at radius 2 is 2.00 bits per heavy atom. The van der Waals surface area contributed by atoms with Gasteiger partial charge in [-0.15, -0.1) is 0 Å². The molecule has 8 heteroatoms. The van der Waals surface area contributed by atoms with E-state index in [1.165, 1.54) is 12.3 Å². The van der Waals surface area contributed by atoms with Crippen molar-refractivity contribution in [2.45, 2.75) is 6.92 Å². The summed E-state index contributed by atoms with van der Waals surface area (Å²) in [5, 5.41) is 15.4. The minimum Gasteiger partial charge on any atom is -0.455 e. The number of benzene rings is 2. The van der Waals surface area contributed by atoms with E-state index >= 15 is 0 Å². The zero-order valence-electron chi connectivity index (χ0n) is 14.2. The number of hydrazone groups is 1. The fourth-order valence-electron chi connectivity index (χ4n) is 2.43. The molecule has 136 valence electrons. The van der Waals surface area contributed by atoms with Crippen LogP contribution < -0.4 is 5.43 Å². The fraction of sp³-hybridized carbons (Fsp3) is 0.0526. The van der Waals surface area contributed by atoms with Crippen LogP contribution in [0.5, 0.6) is 0 Å². The Bertz CT molecular complexity index is 1040. The van der Waals surface area contributed by atoms with Crippen LogP contribution in [0.2, 0.25) is 5.02 Å². The first-order valence-electron chi connectivity index (χ1n) is 7.89. The fourth-order valence-corrected chi connectivity index (χ4v) is 2.65. The molecule has 0 aliphatic carbocycles. The predicted octanol–water partition coefficient (Wildman–Crippen LogP) is 4.58. The summed E-state index contributed by atoms with van der Waals surface area (Å²) in [6, 6.07) is 14.7. The molecule has 1 N–H and O–H groups in total. The van der Waals surface area contributed by atoms with Crippen LogP contribution in [-0.4, -0.2) is 17.0 Å². The second kappa shape index (κ2) is 7.84. The van der Waals surface area contributed by atoms with Gasteiger partial charge in [-0.2, -0.15) is 5.10 Å². The molecule has 1 amide bonds. The lowest BCUT2D eigenvalue weighted by atomic mass is 10.1. The Labute approximate surface area is 159 Å². The van der Waals surface area contributed by atoms with Crippen molar-refractivity contribution >= 4 is 29.4 Å². The molecule has 0 fully saturated rings. The summed E-state index contributed by atoms with van der Waals surface area (Å²) < 4.78 is 5.58. The number of rotatable bonds is 5. The Kier molecular flexibility index (Phi) is 5.33. The van der Waals surface area contributed by atoms with Crippen LogP contribution in [0.15, 0.2) is 64.1 Å². The van der Waals surface area contributed by atoms with Gasteiger partial charge in [0.2, 0.25) is 0 Å². The molecule has 0 radical (unpaired) electrons. The van der Waals surface area contributed by atoms with E-state index < -0.39 is 10.8 Å². The summed E-state index contributed by atoms with van der Waals surface area (Å²) in [5.41, 5.74) is 3.75. The molecule has 0 aliphatic heterocycles. The van der Waals surface area contributed by atoms with Crippen molar-refractivity contribution < 1.29 is 14.1 Å². The van der Waals surface area contributed by atoms with E-state index in [-0.39, 0.29) is 5.69 Å². The third kappa shape index (κ3) is 4.21. The third-order valence-electron chi connectivity index (χ3n) is 3.72. The number of halogens is 1. The second-order valence-corrected chi connectivity index (χ2v) is 6.07. The minimum atomic E-state index is -0.460. The number of nitrogens with zero attached hydrogens (tertiary/aromatic N) is 2. The highest BCUT2D eigenvalue weighted by molar-refractivity contribution is 6.33. The molecule has 7 nitrogen and oxygen atoms in total. The molecule has 0 bridgehead atoms. The number of carbonyl (C=O) groups is 1. The highest BCUT2D eigenvalue weighted by atomic mass is 35.5. The van der Waals surface area contributed by atoms with Crippen LogP contribution in [0.3, 0.4) is 0 Å². The average Bonchev–Trinajstić information content (AvgIpc) is 3.10. The molecule has 0 aliphatic rings. The maximum Gasteiger partial charge on any atom is 0.280 e. The van der Waals surface area contributed by atoms with Gasteiger partial charge in [0, 0.05) is 6.07 Å². The molecule has 3 aromatic rings. The first-order valence-corrected chi connectivity index (χ1v) is 8.26. The van der Waals surface area contributed by atoms with Gasteiger partial charge in [-0.05, 0) is 42.8 Å². The van der Waals surface area contributed by atoms with Crippen LogP contribution >= 0.6 is 11.6 Å². The van der Waals surface area contributed by atoms with E-state index in [4.69, 9.17) is 16.0 Å². The Hall–Kier alpha value is -3.45. The van der Waals surface area contributed by atoms with E-state index in [1.54, 1.807) is 55.5 Å². The number of nitro groups is 1. The molecule has 0 saturated carbocycles. The smallest absolute Gasteiger partial charge is 0.280 e. The Morgan fingerprint density at radius 1 is 1.22 bits per heavy atom. The minimum absolute atomic E-state index is 0.0418. The number of carbonyl (C=O) groups excluding carboxylic acids is 1. The van der Waals surface area contributed by atoms with E-state index in [0.29, 0.717) is 27.7 Å².